The molecule has 5 nitrogen and oxygen atoms in total. The summed E-state index contributed by atoms with van der Waals surface area (Å²) in [6, 6.07) is 12.0. The SMILES string of the molecule is COc1ccc(C(=O)NOS(=O)c2ccc(C)cc2C)cc1. The number of hydrogen-bond acceptors (Lipinski definition) is 4. The Labute approximate surface area is 131 Å². The predicted molar refractivity (Wildman–Crippen MR) is 83.9 cm³/mol. The molecule has 0 aliphatic rings. The summed E-state index contributed by atoms with van der Waals surface area (Å²) in [4.78, 5) is 12.4. The van der Waals surface area contributed by atoms with Gasteiger partial charge in [-0.15, -0.1) is 0 Å². The van der Waals surface area contributed by atoms with Crippen molar-refractivity contribution in [2.24, 2.45) is 0 Å². The van der Waals surface area contributed by atoms with E-state index in [0.29, 0.717) is 16.2 Å². The highest BCUT2D eigenvalue weighted by Gasteiger charge is 2.12. The molecule has 2 aromatic carbocycles. The fourth-order valence-electron chi connectivity index (χ4n) is 1.91. The van der Waals surface area contributed by atoms with E-state index >= 15 is 0 Å². The molecule has 0 spiro atoms. The van der Waals surface area contributed by atoms with E-state index in [9.17, 15) is 9.00 Å². The lowest BCUT2D eigenvalue weighted by molar-refractivity contribution is 0.0785. The van der Waals surface area contributed by atoms with Crippen LogP contribution >= 0.6 is 0 Å². The maximum absolute atomic E-state index is 12.1. The Hall–Kier alpha value is -2.18. The highest BCUT2D eigenvalue weighted by Crippen LogP contribution is 2.15. The summed E-state index contributed by atoms with van der Waals surface area (Å²) < 4.78 is 22.0. The first kappa shape index (κ1) is 16.2. The summed E-state index contributed by atoms with van der Waals surface area (Å²) in [5.74, 6) is 0.178. The average Bonchev–Trinajstić information content (AvgIpc) is 2.52. The lowest BCUT2D eigenvalue weighted by Crippen LogP contribution is -2.25. The van der Waals surface area contributed by atoms with Crippen LogP contribution in [-0.2, 0) is 15.4 Å². The van der Waals surface area contributed by atoms with Crippen LogP contribution in [0.15, 0.2) is 47.4 Å². The zero-order valence-electron chi connectivity index (χ0n) is 12.6. The van der Waals surface area contributed by atoms with Crippen molar-refractivity contribution in [3.05, 3.63) is 59.2 Å². The average molecular weight is 319 g/mol. The Morgan fingerprint density at radius 2 is 1.77 bits per heavy atom. The molecule has 0 aliphatic carbocycles. The minimum Gasteiger partial charge on any atom is -0.497 e. The Morgan fingerprint density at radius 1 is 1.09 bits per heavy atom. The van der Waals surface area contributed by atoms with Gasteiger partial charge in [-0.2, -0.15) is 4.28 Å². The zero-order chi connectivity index (χ0) is 16.1. The van der Waals surface area contributed by atoms with E-state index in [-0.39, 0.29) is 0 Å². The van der Waals surface area contributed by atoms with Crippen molar-refractivity contribution < 1.29 is 18.0 Å². The smallest absolute Gasteiger partial charge is 0.275 e. The first-order valence-electron chi connectivity index (χ1n) is 6.62. The number of benzene rings is 2. The maximum atomic E-state index is 12.1. The monoisotopic (exact) mass is 319 g/mol. The molecule has 0 aromatic heterocycles. The van der Waals surface area contributed by atoms with Gasteiger partial charge in [0.25, 0.3) is 5.91 Å². The fourth-order valence-corrected chi connectivity index (χ4v) is 2.65. The number of hydroxylamine groups is 1. The van der Waals surface area contributed by atoms with E-state index in [1.165, 1.54) is 0 Å². The molecule has 0 saturated carbocycles. The second-order valence-corrected chi connectivity index (χ2v) is 5.82. The molecule has 0 heterocycles. The quantitative estimate of drug-likeness (QED) is 0.861. The number of carbonyl (C=O) groups is 1. The molecule has 0 bridgehead atoms. The van der Waals surface area contributed by atoms with Crippen molar-refractivity contribution in [1.82, 2.24) is 5.48 Å². The normalized spacial score (nSPS) is 11.8. The molecule has 6 heteroatoms. The van der Waals surface area contributed by atoms with Gasteiger partial charge < -0.3 is 4.74 Å². The van der Waals surface area contributed by atoms with Gasteiger partial charge in [0.2, 0.25) is 11.1 Å². The van der Waals surface area contributed by atoms with Gasteiger partial charge in [-0.3, -0.25) is 4.79 Å². The van der Waals surface area contributed by atoms with E-state index in [2.05, 4.69) is 5.48 Å². The largest absolute Gasteiger partial charge is 0.497 e. The molecule has 2 aromatic rings. The van der Waals surface area contributed by atoms with Crippen LogP contribution in [0.2, 0.25) is 0 Å². The lowest BCUT2D eigenvalue weighted by atomic mass is 10.2. The van der Waals surface area contributed by atoms with Crippen molar-refractivity contribution in [2.75, 3.05) is 7.11 Å². The molecular weight excluding hydrogens is 302 g/mol. The van der Waals surface area contributed by atoms with Crippen LogP contribution in [0.25, 0.3) is 0 Å². The van der Waals surface area contributed by atoms with Crippen LogP contribution in [-0.4, -0.2) is 17.2 Å². The molecule has 0 saturated heterocycles. The Bertz CT molecular complexity index is 698. The second-order valence-electron chi connectivity index (χ2n) is 4.75. The third kappa shape index (κ3) is 3.93. The van der Waals surface area contributed by atoms with Crippen molar-refractivity contribution in [1.29, 1.82) is 0 Å². The first-order valence-corrected chi connectivity index (χ1v) is 7.69. The van der Waals surface area contributed by atoms with Gasteiger partial charge in [-0.05, 0) is 49.7 Å². The Morgan fingerprint density at radius 3 is 2.36 bits per heavy atom. The summed E-state index contributed by atoms with van der Waals surface area (Å²) in [5.41, 5.74) is 4.50. The Balaban J connectivity index is 1.99. The second kappa shape index (κ2) is 7.20. The Kier molecular flexibility index (Phi) is 5.30. The number of carbonyl (C=O) groups excluding carboxylic acids is 1. The zero-order valence-corrected chi connectivity index (χ0v) is 13.4. The minimum atomic E-state index is -1.76. The summed E-state index contributed by atoms with van der Waals surface area (Å²) in [5, 5.41) is 0. The molecule has 0 fully saturated rings. The molecule has 22 heavy (non-hydrogen) atoms. The summed E-state index contributed by atoms with van der Waals surface area (Å²) in [6.07, 6.45) is 0. The minimum absolute atomic E-state index is 0.387. The first-order chi connectivity index (χ1) is 10.5. The molecule has 0 aliphatic heterocycles. The van der Waals surface area contributed by atoms with Crippen LogP contribution in [0.3, 0.4) is 0 Å². The van der Waals surface area contributed by atoms with Gasteiger partial charge in [0.15, 0.2) is 0 Å². The van der Waals surface area contributed by atoms with E-state index < -0.39 is 17.0 Å². The van der Waals surface area contributed by atoms with Gasteiger partial charge in [-0.25, -0.2) is 9.69 Å². The summed E-state index contributed by atoms with van der Waals surface area (Å²) >= 11 is -1.76. The van der Waals surface area contributed by atoms with Crippen LogP contribution in [0.1, 0.15) is 21.5 Å². The molecule has 1 amide bonds. The van der Waals surface area contributed by atoms with Gasteiger partial charge in [0.05, 0.1) is 12.0 Å². The topological polar surface area (TPSA) is 64.6 Å². The van der Waals surface area contributed by atoms with E-state index in [4.69, 9.17) is 9.02 Å². The number of ether oxygens (including phenoxy) is 1. The standard InChI is InChI=1S/C16H17NO4S/c1-11-4-9-15(12(2)10-11)22(19)21-17-16(18)13-5-7-14(20-3)8-6-13/h4-10H,1-3H3,(H,17,18). The predicted octanol–water partition coefficient (Wildman–Crippen LogP) is 2.70. The highest BCUT2D eigenvalue weighted by molar-refractivity contribution is 7.80. The summed E-state index contributed by atoms with van der Waals surface area (Å²) in [6.45, 7) is 3.79. The van der Waals surface area contributed by atoms with Crippen molar-refractivity contribution in [2.45, 2.75) is 18.7 Å². The van der Waals surface area contributed by atoms with Crippen LogP contribution in [0.4, 0.5) is 0 Å². The van der Waals surface area contributed by atoms with Gasteiger partial charge in [-0.1, -0.05) is 17.7 Å². The van der Waals surface area contributed by atoms with Crippen molar-refractivity contribution in [3.63, 3.8) is 0 Å². The third-order valence-corrected chi connectivity index (χ3v) is 4.12. The molecule has 1 atom stereocenters. The number of methoxy groups -OCH3 is 1. The van der Waals surface area contributed by atoms with Gasteiger partial charge >= 0.3 is 0 Å². The number of amides is 1. The van der Waals surface area contributed by atoms with Crippen LogP contribution < -0.4 is 10.2 Å². The molecule has 0 radical (unpaired) electrons. The number of rotatable bonds is 5. The number of nitrogens with one attached hydrogen (secondary N) is 1. The number of aryl methyl sites for hydroxylation is 2. The maximum Gasteiger partial charge on any atom is 0.275 e. The van der Waals surface area contributed by atoms with E-state index in [1.54, 1.807) is 37.4 Å². The molecular formula is C16H17NO4S. The van der Waals surface area contributed by atoms with Crippen molar-refractivity contribution >= 4 is 17.0 Å². The van der Waals surface area contributed by atoms with E-state index in [0.717, 1.165) is 11.1 Å². The molecule has 1 N–H and O–H groups in total. The van der Waals surface area contributed by atoms with E-state index in [1.807, 2.05) is 26.0 Å². The molecule has 116 valence electrons. The van der Waals surface area contributed by atoms with Crippen LogP contribution in [0.5, 0.6) is 5.75 Å². The molecule has 1 unspecified atom stereocenters. The lowest BCUT2D eigenvalue weighted by Gasteiger charge is -2.08. The van der Waals surface area contributed by atoms with Crippen LogP contribution in [0, 0.1) is 13.8 Å². The van der Waals surface area contributed by atoms with Gasteiger partial charge in [0.1, 0.15) is 5.75 Å². The van der Waals surface area contributed by atoms with Gasteiger partial charge in [0, 0.05) is 5.56 Å². The van der Waals surface area contributed by atoms with Crippen molar-refractivity contribution in [3.8, 4) is 5.75 Å². The number of hydrogen-bond donors (Lipinski definition) is 1. The molecule has 2 rings (SSSR count). The fraction of sp³-hybridized carbons (Fsp3) is 0.188. The third-order valence-electron chi connectivity index (χ3n) is 3.07. The highest BCUT2D eigenvalue weighted by atomic mass is 32.2. The summed E-state index contributed by atoms with van der Waals surface area (Å²) in [7, 11) is 1.55.